The Bertz CT molecular complexity index is 512. The van der Waals surface area contributed by atoms with Gasteiger partial charge in [0.25, 0.3) is 5.91 Å². The van der Waals surface area contributed by atoms with Crippen molar-refractivity contribution in [1.29, 1.82) is 0 Å². The highest BCUT2D eigenvalue weighted by atomic mass is 127. The molecule has 0 saturated carbocycles. The molecule has 0 aromatic heterocycles. The zero-order valence-corrected chi connectivity index (χ0v) is 21.7. The van der Waals surface area contributed by atoms with Crippen molar-refractivity contribution in [1.82, 2.24) is 16.0 Å². The molecular weight excluding hydrogens is 602 g/mol. The topological polar surface area (TPSA) is 130 Å². The van der Waals surface area contributed by atoms with Gasteiger partial charge in [0.15, 0.2) is 0 Å². The highest BCUT2D eigenvalue weighted by Crippen LogP contribution is 1.97. The summed E-state index contributed by atoms with van der Waals surface area (Å²) < 4.78 is 4.02. The van der Waals surface area contributed by atoms with Crippen LogP contribution in [0.4, 0.5) is 0 Å². The molecule has 0 saturated heterocycles. The lowest BCUT2D eigenvalue weighted by molar-refractivity contribution is -0.138. The van der Waals surface area contributed by atoms with Crippen LogP contribution in [-0.4, -0.2) is 50.7 Å². The summed E-state index contributed by atoms with van der Waals surface area (Å²) in [6, 6.07) is 0. The van der Waals surface area contributed by atoms with Crippen LogP contribution in [0.25, 0.3) is 0 Å². The fraction of sp³-hybridized carbons (Fsp3) is 0.579. The molecule has 0 heterocycles. The minimum absolute atomic E-state index is 0.456. The molecular formula is C19H34I2N4O4. The third-order valence-corrected chi connectivity index (χ3v) is 4.08. The Labute approximate surface area is 201 Å². The Balaban J connectivity index is -0.000000383. The van der Waals surface area contributed by atoms with E-state index in [9.17, 15) is 19.2 Å². The van der Waals surface area contributed by atoms with Gasteiger partial charge in [-0.2, -0.15) is 0 Å². The van der Waals surface area contributed by atoms with E-state index in [0.29, 0.717) is 6.54 Å². The number of Topliss-reactive ketones (excluding diaryl/α,β-unsaturated/α-hetero) is 1. The number of likely N-dealkylation sites (N-methyl/N-ethyl adjacent to an activating group) is 2. The van der Waals surface area contributed by atoms with Gasteiger partial charge in [-0.1, -0.05) is 57.3 Å². The Morgan fingerprint density at radius 2 is 1.28 bits per heavy atom. The van der Waals surface area contributed by atoms with E-state index in [1.54, 1.807) is 0 Å². The number of unbranched alkanes of at least 4 members (excludes halogenated alkanes) is 4. The van der Waals surface area contributed by atoms with Crippen LogP contribution >= 0.6 is 45.2 Å². The Hall–Kier alpha value is -1.02. The molecule has 0 atom stereocenters. The van der Waals surface area contributed by atoms with Gasteiger partial charge in [-0.25, -0.2) is 0 Å². The van der Waals surface area contributed by atoms with E-state index in [-0.39, 0.29) is 0 Å². The maximum atomic E-state index is 10.9. The van der Waals surface area contributed by atoms with Crippen LogP contribution in [0.3, 0.4) is 0 Å². The zero-order chi connectivity index (χ0) is 22.9. The quantitative estimate of drug-likeness (QED) is 0.166. The van der Waals surface area contributed by atoms with Gasteiger partial charge in [-0.15, -0.1) is 0 Å². The normalized spacial score (nSPS) is 9.72. The fourth-order valence-electron chi connectivity index (χ4n) is 1.49. The highest BCUT2D eigenvalue weighted by Gasteiger charge is 2.08. The van der Waals surface area contributed by atoms with Crippen LogP contribution in [0.15, 0.2) is 20.3 Å². The SMILES string of the molecule is CNC(=O)C(=O)NCCCC/C=C\I.CNC(=O)C(C)=O.NCCCC/C=C\I. The van der Waals surface area contributed by atoms with Crippen molar-refractivity contribution in [2.45, 2.75) is 45.4 Å². The molecule has 8 nitrogen and oxygen atoms in total. The second-order valence-corrected chi connectivity index (χ2v) is 6.91. The molecule has 3 amide bonds. The molecule has 0 radical (unpaired) electrons. The number of ketones is 1. The molecule has 0 fully saturated rings. The minimum atomic E-state index is -0.586. The van der Waals surface area contributed by atoms with Crippen LogP contribution in [0.1, 0.15) is 45.4 Å². The summed E-state index contributed by atoms with van der Waals surface area (Å²) in [4.78, 5) is 41.7. The van der Waals surface area contributed by atoms with Crippen LogP contribution in [0, 0.1) is 0 Å². The number of carbonyl (C=O) groups is 4. The molecule has 0 aliphatic carbocycles. The summed E-state index contributed by atoms with van der Waals surface area (Å²) in [6.45, 7) is 2.61. The van der Waals surface area contributed by atoms with Crippen LogP contribution < -0.4 is 21.7 Å². The number of amides is 3. The van der Waals surface area contributed by atoms with E-state index in [0.717, 1.165) is 32.2 Å². The summed E-state index contributed by atoms with van der Waals surface area (Å²) in [7, 11) is 2.86. The van der Waals surface area contributed by atoms with E-state index in [2.05, 4.69) is 73.3 Å². The summed E-state index contributed by atoms with van der Waals surface area (Å²) >= 11 is 4.40. The molecule has 0 rings (SSSR count). The molecule has 0 aromatic rings. The highest BCUT2D eigenvalue weighted by molar-refractivity contribution is 14.1. The van der Waals surface area contributed by atoms with E-state index in [4.69, 9.17) is 5.73 Å². The monoisotopic (exact) mass is 636 g/mol. The third-order valence-electron chi connectivity index (χ3n) is 3.07. The smallest absolute Gasteiger partial charge is 0.309 e. The number of allylic oxidation sites excluding steroid dienone is 2. The standard InChI is InChI=1S/C9H15IN2O2.C6H12IN.C4H7NO2/c1-11-8(13)9(14)12-7-5-3-2-4-6-10;7-5-3-1-2-4-6-8;1-3(6)4(7)5-2/h4,6H,2-3,5,7H2,1H3,(H,11,13)(H,12,14);3,5H,1-2,4,6,8H2;1-2H3,(H,5,7)/b6-4-;5-3-;. The molecule has 0 aliphatic rings. The van der Waals surface area contributed by atoms with E-state index in [1.807, 2.05) is 8.17 Å². The van der Waals surface area contributed by atoms with Gasteiger partial charge in [0.05, 0.1) is 0 Å². The number of hydrogen-bond acceptors (Lipinski definition) is 5. The molecule has 29 heavy (non-hydrogen) atoms. The van der Waals surface area contributed by atoms with Gasteiger partial charge in [0.1, 0.15) is 0 Å². The van der Waals surface area contributed by atoms with Crippen LogP contribution in [0.5, 0.6) is 0 Å². The molecule has 0 spiro atoms. The third kappa shape index (κ3) is 29.3. The molecule has 10 heteroatoms. The largest absolute Gasteiger partial charge is 0.353 e. The molecule has 0 unspecified atom stereocenters. The first-order chi connectivity index (χ1) is 13.8. The lowest BCUT2D eigenvalue weighted by atomic mass is 10.2. The lowest BCUT2D eigenvalue weighted by Crippen LogP contribution is -2.38. The van der Waals surface area contributed by atoms with Gasteiger partial charge in [-0.05, 0) is 53.2 Å². The average molecular weight is 636 g/mol. The van der Waals surface area contributed by atoms with Crippen molar-refractivity contribution >= 4 is 68.7 Å². The van der Waals surface area contributed by atoms with Crippen molar-refractivity contribution in [3.8, 4) is 0 Å². The first kappa shape index (κ1) is 32.6. The second kappa shape index (κ2) is 27.0. The predicted octanol–water partition coefficient (Wildman–Crippen LogP) is 2.35. The number of hydrogen-bond donors (Lipinski definition) is 4. The summed E-state index contributed by atoms with van der Waals surface area (Å²) in [5.41, 5.74) is 5.28. The van der Waals surface area contributed by atoms with Crippen molar-refractivity contribution < 1.29 is 19.2 Å². The molecule has 168 valence electrons. The summed E-state index contributed by atoms with van der Waals surface area (Å²) in [5.74, 6) is -2.14. The van der Waals surface area contributed by atoms with Gasteiger partial charge in [-0.3, -0.25) is 19.2 Å². The van der Waals surface area contributed by atoms with Crippen LogP contribution in [0.2, 0.25) is 0 Å². The molecule has 5 N–H and O–H groups in total. The van der Waals surface area contributed by atoms with Crippen molar-refractivity contribution in [3.63, 3.8) is 0 Å². The van der Waals surface area contributed by atoms with Gasteiger partial charge >= 0.3 is 11.8 Å². The summed E-state index contributed by atoms with van der Waals surface area (Å²) in [5, 5.41) is 6.97. The number of rotatable bonds is 10. The first-order valence-electron chi connectivity index (χ1n) is 9.25. The predicted molar refractivity (Wildman–Crippen MR) is 135 cm³/mol. The Morgan fingerprint density at radius 3 is 1.62 bits per heavy atom. The lowest BCUT2D eigenvalue weighted by Gasteiger charge is -2.02. The summed E-state index contributed by atoms with van der Waals surface area (Å²) in [6.07, 6.45) is 10.7. The molecule has 0 aliphatic heterocycles. The number of carbonyl (C=O) groups excluding carboxylic acids is 4. The first-order valence-corrected chi connectivity index (χ1v) is 11.7. The van der Waals surface area contributed by atoms with Crippen LogP contribution in [-0.2, 0) is 19.2 Å². The van der Waals surface area contributed by atoms with E-state index >= 15 is 0 Å². The van der Waals surface area contributed by atoms with Gasteiger partial charge in [0, 0.05) is 27.6 Å². The second-order valence-electron chi connectivity index (χ2n) is 5.47. The van der Waals surface area contributed by atoms with E-state index in [1.165, 1.54) is 33.9 Å². The molecule has 0 bridgehead atoms. The van der Waals surface area contributed by atoms with Crippen molar-refractivity contribution in [2.75, 3.05) is 27.2 Å². The molecule has 0 aromatic carbocycles. The number of nitrogens with two attached hydrogens (primary N) is 1. The Kier molecular flexibility index (Phi) is 30.4. The minimum Gasteiger partial charge on any atom is -0.353 e. The fourth-order valence-corrected chi connectivity index (χ4v) is 2.21. The Morgan fingerprint density at radius 1 is 0.793 bits per heavy atom. The van der Waals surface area contributed by atoms with E-state index < -0.39 is 23.5 Å². The maximum Gasteiger partial charge on any atom is 0.309 e. The van der Waals surface area contributed by atoms with Crippen molar-refractivity contribution in [2.24, 2.45) is 5.73 Å². The maximum absolute atomic E-state index is 10.9. The average Bonchev–Trinajstić information content (AvgIpc) is 2.73. The van der Waals surface area contributed by atoms with Gasteiger partial charge in [0.2, 0.25) is 5.78 Å². The zero-order valence-electron chi connectivity index (χ0n) is 17.4. The van der Waals surface area contributed by atoms with Gasteiger partial charge < -0.3 is 21.7 Å². The van der Waals surface area contributed by atoms with Crippen molar-refractivity contribution in [3.05, 3.63) is 20.3 Å². The number of halogens is 2. The number of nitrogens with one attached hydrogen (secondary N) is 3.